The lowest BCUT2D eigenvalue weighted by molar-refractivity contribution is 0.773. The largest absolute Gasteiger partial charge is 0.307 e. The maximum Gasteiger partial charge on any atom is 0.0473 e. The summed E-state index contributed by atoms with van der Waals surface area (Å²) >= 11 is 5.04. The summed E-state index contributed by atoms with van der Waals surface area (Å²) < 4.78 is 0. The van der Waals surface area contributed by atoms with Gasteiger partial charge in [-0.25, -0.2) is 0 Å². The number of hydrogen-bond donors (Lipinski definition) is 1. The van der Waals surface area contributed by atoms with Gasteiger partial charge in [-0.15, -0.1) is 0 Å². The van der Waals surface area contributed by atoms with Crippen LogP contribution in [0.3, 0.4) is 0 Å². The highest BCUT2D eigenvalue weighted by Crippen LogP contribution is 2.18. The van der Waals surface area contributed by atoms with Gasteiger partial charge in [0, 0.05) is 10.9 Å². The number of thiocarbonyl (C=S) groups is 1. The van der Waals surface area contributed by atoms with Gasteiger partial charge in [-0.1, -0.05) is 18.3 Å². The number of allylic oxidation sites excluding steroid dienone is 2. The number of fused-ring (bicyclic) bond motifs is 1. The van der Waals surface area contributed by atoms with Gasteiger partial charge in [-0.2, -0.15) is 0 Å². The molecule has 1 unspecified atom stereocenters. The van der Waals surface area contributed by atoms with Gasteiger partial charge in [0.1, 0.15) is 0 Å². The topological polar surface area (TPSA) is 12.0 Å². The SMILES string of the molecule is S=C1C=CC2NCCC2=C1. The van der Waals surface area contributed by atoms with Crippen LogP contribution in [0.4, 0.5) is 0 Å². The molecule has 0 amide bonds. The third-order valence-electron chi connectivity index (χ3n) is 1.96. The summed E-state index contributed by atoms with van der Waals surface area (Å²) in [4.78, 5) is 0.968. The van der Waals surface area contributed by atoms with Crippen molar-refractivity contribution in [2.45, 2.75) is 12.5 Å². The molecule has 0 saturated carbocycles. The van der Waals surface area contributed by atoms with E-state index in [-0.39, 0.29) is 0 Å². The molecule has 0 spiro atoms. The molecule has 52 valence electrons. The Morgan fingerprint density at radius 3 is 3.40 bits per heavy atom. The first kappa shape index (κ1) is 6.25. The number of rotatable bonds is 0. The Kier molecular flexibility index (Phi) is 1.43. The van der Waals surface area contributed by atoms with E-state index in [0.717, 1.165) is 17.8 Å². The number of nitrogens with one attached hydrogen (secondary N) is 1. The minimum atomic E-state index is 0.492. The molecule has 0 aromatic rings. The molecule has 0 aromatic heterocycles. The molecule has 1 atom stereocenters. The fourth-order valence-corrected chi connectivity index (χ4v) is 1.66. The van der Waals surface area contributed by atoms with Gasteiger partial charge >= 0.3 is 0 Å². The molecule has 1 N–H and O–H groups in total. The van der Waals surface area contributed by atoms with E-state index in [1.54, 1.807) is 0 Å². The molecule has 10 heavy (non-hydrogen) atoms. The third kappa shape index (κ3) is 0.935. The molecule has 1 nitrogen and oxygen atoms in total. The maximum absolute atomic E-state index is 5.04. The van der Waals surface area contributed by atoms with Gasteiger partial charge in [0.2, 0.25) is 0 Å². The van der Waals surface area contributed by atoms with Crippen LogP contribution >= 0.6 is 12.2 Å². The Morgan fingerprint density at radius 2 is 2.50 bits per heavy atom. The van der Waals surface area contributed by atoms with Crippen molar-refractivity contribution in [2.24, 2.45) is 0 Å². The van der Waals surface area contributed by atoms with Crippen molar-refractivity contribution in [1.29, 1.82) is 0 Å². The maximum atomic E-state index is 5.04. The van der Waals surface area contributed by atoms with Gasteiger partial charge in [-0.3, -0.25) is 0 Å². The molecule has 0 bridgehead atoms. The zero-order valence-corrected chi connectivity index (χ0v) is 6.45. The molecule has 0 radical (unpaired) electrons. The van der Waals surface area contributed by atoms with Gasteiger partial charge in [0.05, 0.1) is 0 Å². The second kappa shape index (κ2) is 2.29. The quantitative estimate of drug-likeness (QED) is 0.522. The van der Waals surface area contributed by atoms with Crippen molar-refractivity contribution >= 4 is 17.1 Å². The second-order valence-electron chi connectivity index (χ2n) is 2.66. The Balaban J connectivity index is 2.30. The smallest absolute Gasteiger partial charge is 0.0473 e. The van der Waals surface area contributed by atoms with E-state index < -0.39 is 0 Å². The summed E-state index contributed by atoms with van der Waals surface area (Å²) in [5.41, 5.74) is 1.45. The Bertz CT molecular complexity index is 227. The van der Waals surface area contributed by atoms with E-state index in [2.05, 4.69) is 17.5 Å². The zero-order valence-electron chi connectivity index (χ0n) is 5.63. The monoisotopic (exact) mass is 151 g/mol. The zero-order chi connectivity index (χ0) is 6.97. The molecule has 1 aliphatic carbocycles. The van der Waals surface area contributed by atoms with E-state index in [9.17, 15) is 0 Å². The van der Waals surface area contributed by atoms with Crippen molar-refractivity contribution < 1.29 is 0 Å². The minimum Gasteiger partial charge on any atom is -0.307 e. The van der Waals surface area contributed by atoms with Crippen LogP contribution in [0.15, 0.2) is 23.8 Å². The fourth-order valence-electron chi connectivity index (χ4n) is 1.43. The summed E-state index contributed by atoms with van der Waals surface area (Å²) in [6.07, 6.45) is 7.42. The number of hydrogen-bond acceptors (Lipinski definition) is 2. The molecular formula is C8H9NS. The van der Waals surface area contributed by atoms with E-state index >= 15 is 0 Å². The van der Waals surface area contributed by atoms with Crippen LogP contribution in [0, 0.1) is 0 Å². The van der Waals surface area contributed by atoms with Crippen LogP contribution in [0.25, 0.3) is 0 Å². The van der Waals surface area contributed by atoms with Crippen LogP contribution in [0.2, 0.25) is 0 Å². The lowest BCUT2D eigenvalue weighted by atomic mass is 10.0. The molecule has 1 saturated heterocycles. The molecular weight excluding hydrogens is 142 g/mol. The molecule has 0 aromatic carbocycles. The van der Waals surface area contributed by atoms with Crippen molar-refractivity contribution in [3.05, 3.63) is 23.8 Å². The predicted molar refractivity (Wildman–Crippen MR) is 46.2 cm³/mol. The fraction of sp³-hybridized carbons (Fsp3) is 0.375. The van der Waals surface area contributed by atoms with E-state index in [4.69, 9.17) is 12.2 Å². The van der Waals surface area contributed by atoms with Crippen molar-refractivity contribution in [3.8, 4) is 0 Å². The normalized spacial score (nSPS) is 30.2. The molecule has 2 heteroatoms. The second-order valence-corrected chi connectivity index (χ2v) is 3.13. The van der Waals surface area contributed by atoms with Crippen LogP contribution in [-0.4, -0.2) is 17.5 Å². The lowest BCUT2D eigenvalue weighted by Crippen LogP contribution is -2.21. The van der Waals surface area contributed by atoms with Crippen molar-refractivity contribution in [3.63, 3.8) is 0 Å². The highest BCUT2D eigenvalue weighted by molar-refractivity contribution is 7.81. The highest BCUT2D eigenvalue weighted by atomic mass is 32.1. The van der Waals surface area contributed by atoms with E-state index in [0.29, 0.717) is 6.04 Å². The van der Waals surface area contributed by atoms with Gasteiger partial charge < -0.3 is 5.32 Å². The summed E-state index contributed by atoms with van der Waals surface area (Å²) in [5.74, 6) is 0. The lowest BCUT2D eigenvalue weighted by Gasteiger charge is -2.10. The van der Waals surface area contributed by atoms with Crippen molar-refractivity contribution in [2.75, 3.05) is 6.54 Å². The summed E-state index contributed by atoms with van der Waals surface area (Å²) in [5, 5.41) is 3.36. The molecule has 2 aliphatic rings. The Labute approximate surface area is 65.8 Å². The van der Waals surface area contributed by atoms with Crippen LogP contribution in [0.5, 0.6) is 0 Å². The minimum absolute atomic E-state index is 0.492. The van der Waals surface area contributed by atoms with E-state index in [1.165, 1.54) is 5.57 Å². The summed E-state index contributed by atoms with van der Waals surface area (Å²) in [6.45, 7) is 1.10. The standard InChI is InChI=1S/C8H9NS/c10-7-1-2-8-6(5-7)3-4-9-8/h1-2,5,8-9H,3-4H2. The van der Waals surface area contributed by atoms with Crippen molar-refractivity contribution in [1.82, 2.24) is 5.32 Å². The van der Waals surface area contributed by atoms with Gasteiger partial charge in [-0.05, 0) is 30.7 Å². The summed E-state index contributed by atoms with van der Waals surface area (Å²) in [7, 11) is 0. The average Bonchev–Trinajstić information content (AvgIpc) is 2.33. The average molecular weight is 151 g/mol. The highest BCUT2D eigenvalue weighted by Gasteiger charge is 2.19. The molecule has 1 fully saturated rings. The van der Waals surface area contributed by atoms with Crippen LogP contribution in [0.1, 0.15) is 6.42 Å². The first-order valence-electron chi connectivity index (χ1n) is 3.52. The van der Waals surface area contributed by atoms with Gasteiger partial charge in [0.15, 0.2) is 0 Å². The molecule has 1 heterocycles. The molecule has 1 aliphatic heterocycles. The van der Waals surface area contributed by atoms with E-state index in [1.807, 2.05) is 6.08 Å². The van der Waals surface area contributed by atoms with Crippen LogP contribution < -0.4 is 5.32 Å². The Hall–Kier alpha value is -0.470. The predicted octanol–water partition coefficient (Wildman–Crippen LogP) is 1.21. The van der Waals surface area contributed by atoms with Gasteiger partial charge in [0.25, 0.3) is 0 Å². The summed E-state index contributed by atoms with van der Waals surface area (Å²) in [6, 6.07) is 0.492. The Morgan fingerprint density at radius 1 is 1.60 bits per heavy atom. The third-order valence-corrected chi connectivity index (χ3v) is 2.21. The first-order valence-corrected chi connectivity index (χ1v) is 3.93. The first-order chi connectivity index (χ1) is 4.86. The molecule has 2 rings (SSSR count). The van der Waals surface area contributed by atoms with Crippen LogP contribution in [-0.2, 0) is 0 Å².